The Morgan fingerprint density at radius 3 is 2.88 bits per heavy atom. The van der Waals surface area contributed by atoms with Crippen molar-refractivity contribution in [1.29, 1.82) is 5.26 Å². The van der Waals surface area contributed by atoms with E-state index in [1.165, 1.54) is 24.5 Å². The number of hydrogen-bond donors (Lipinski definition) is 0. The standard InChI is InChI=1S/C12H8FN3O/c1-8-5-12(16-7-15-8)17-11-4-2-3-10(13)9(11)6-14/h2-5,7H,1H3. The van der Waals surface area contributed by atoms with Gasteiger partial charge in [0.2, 0.25) is 5.88 Å². The fourth-order valence-corrected chi connectivity index (χ4v) is 1.30. The van der Waals surface area contributed by atoms with E-state index >= 15 is 0 Å². The SMILES string of the molecule is Cc1cc(Oc2cccc(F)c2C#N)ncn1. The highest BCUT2D eigenvalue weighted by Gasteiger charge is 2.10. The molecule has 0 aliphatic carbocycles. The van der Waals surface area contributed by atoms with Crippen molar-refractivity contribution >= 4 is 0 Å². The lowest BCUT2D eigenvalue weighted by Gasteiger charge is -2.06. The summed E-state index contributed by atoms with van der Waals surface area (Å²) in [6, 6.07) is 7.55. The number of aromatic nitrogens is 2. The third-order valence-electron chi connectivity index (χ3n) is 2.08. The average molecular weight is 229 g/mol. The zero-order chi connectivity index (χ0) is 12.3. The van der Waals surface area contributed by atoms with Crippen molar-refractivity contribution in [1.82, 2.24) is 9.97 Å². The average Bonchev–Trinajstić information content (AvgIpc) is 2.29. The Hall–Kier alpha value is -2.48. The maximum atomic E-state index is 13.3. The normalized spacial score (nSPS) is 9.71. The second-order valence-electron chi connectivity index (χ2n) is 3.32. The molecule has 2 rings (SSSR count). The van der Waals surface area contributed by atoms with Crippen LogP contribution in [0.3, 0.4) is 0 Å². The Balaban J connectivity index is 2.37. The van der Waals surface area contributed by atoms with Gasteiger partial charge in [-0.05, 0) is 19.1 Å². The van der Waals surface area contributed by atoms with Gasteiger partial charge in [-0.25, -0.2) is 14.4 Å². The molecule has 4 nitrogen and oxygen atoms in total. The van der Waals surface area contributed by atoms with Gasteiger partial charge in [-0.15, -0.1) is 0 Å². The monoisotopic (exact) mass is 229 g/mol. The Bertz CT molecular complexity index is 593. The molecule has 1 aromatic heterocycles. The molecule has 0 radical (unpaired) electrons. The first kappa shape index (κ1) is 11.0. The molecule has 0 aliphatic rings. The first-order valence-corrected chi connectivity index (χ1v) is 4.86. The zero-order valence-electron chi connectivity index (χ0n) is 9.01. The number of aryl methyl sites for hydroxylation is 1. The Morgan fingerprint density at radius 1 is 1.35 bits per heavy atom. The molecule has 0 atom stereocenters. The lowest BCUT2D eigenvalue weighted by atomic mass is 10.2. The van der Waals surface area contributed by atoms with E-state index in [1.807, 2.05) is 0 Å². The molecule has 2 aromatic rings. The van der Waals surface area contributed by atoms with Crippen LogP contribution in [0.15, 0.2) is 30.6 Å². The maximum Gasteiger partial charge on any atom is 0.222 e. The van der Waals surface area contributed by atoms with E-state index in [-0.39, 0.29) is 17.2 Å². The molecule has 84 valence electrons. The van der Waals surface area contributed by atoms with Gasteiger partial charge in [-0.1, -0.05) is 6.07 Å². The van der Waals surface area contributed by atoms with Crippen LogP contribution in [0.4, 0.5) is 4.39 Å². The van der Waals surface area contributed by atoms with E-state index < -0.39 is 5.82 Å². The highest BCUT2D eigenvalue weighted by molar-refractivity contribution is 5.45. The van der Waals surface area contributed by atoms with Gasteiger partial charge in [0, 0.05) is 11.8 Å². The summed E-state index contributed by atoms with van der Waals surface area (Å²) in [5.74, 6) is -0.194. The molecule has 5 heteroatoms. The predicted molar refractivity (Wildman–Crippen MR) is 58.0 cm³/mol. The van der Waals surface area contributed by atoms with Gasteiger partial charge in [-0.3, -0.25) is 0 Å². The lowest BCUT2D eigenvalue weighted by molar-refractivity contribution is 0.454. The molecule has 0 fully saturated rings. The molecule has 1 heterocycles. The quantitative estimate of drug-likeness (QED) is 0.794. The van der Waals surface area contributed by atoms with E-state index in [0.29, 0.717) is 0 Å². The van der Waals surface area contributed by atoms with Crippen molar-refractivity contribution in [2.75, 3.05) is 0 Å². The lowest BCUT2D eigenvalue weighted by Crippen LogP contribution is -1.94. The Labute approximate surface area is 97.3 Å². The van der Waals surface area contributed by atoms with Crippen molar-refractivity contribution in [3.05, 3.63) is 47.7 Å². The Morgan fingerprint density at radius 2 is 2.18 bits per heavy atom. The van der Waals surface area contributed by atoms with Gasteiger partial charge < -0.3 is 4.74 Å². The molecule has 0 amide bonds. The van der Waals surface area contributed by atoms with Crippen molar-refractivity contribution in [2.45, 2.75) is 6.92 Å². The van der Waals surface area contributed by atoms with Gasteiger partial charge in [0.25, 0.3) is 0 Å². The summed E-state index contributed by atoms with van der Waals surface area (Å²) in [6.45, 7) is 1.78. The Kier molecular flexibility index (Phi) is 2.97. The largest absolute Gasteiger partial charge is 0.437 e. The molecule has 0 saturated carbocycles. The minimum absolute atomic E-state index is 0.135. The van der Waals surface area contributed by atoms with E-state index in [9.17, 15) is 4.39 Å². The smallest absolute Gasteiger partial charge is 0.222 e. The van der Waals surface area contributed by atoms with Gasteiger partial charge in [0.1, 0.15) is 29.5 Å². The molecule has 0 saturated heterocycles. The van der Waals surface area contributed by atoms with Gasteiger partial charge in [0.05, 0.1) is 0 Å². The van der Waals surface area contributed by atoms with Crippen LogP contribution in [0, 0.1) is 24.1 Å². The van der Waals surface area contributed by atoms with Gasteiger partial charge in [0.15, 0.2) is 0 Å². The molecule has 0 aliphatic heterocycles. The molecular weight excluding hydrogens is 221 g/mol. The van der Waals surface area contributed by atoms with E-state index in [2.05, 4.69) is 9.97 Å². The third kappa shape index (κ3) is 2.37. The topological polar surface area (TPSA) is 58.8 Å². The van der Waals surface area contributed by atoms with Crippen LogP contribution in [0.25, 0.3) is 0 Å². The third-order valence-corrected chi connectivity index (χ3v) is 2.08. The van der Waals surface area contributed by atoms with Gasteiger partial charge >= 0.3 is 0 Å². The van der Waals surface area contributed by atoms with Crippen molar-refractivity contribution in [3.63, 3.8) is 0 Å². The molecule has 17 heavy (non-hydrogen) atoms. The zero-order valence-corrected chi connectivity index (χ0v) is 9.01. The minimum atomic E-state index is -0.615. The summed E-state index contributed by atoms with van der Waals surface area (Å²) in [7, 11) is 0. The van der Waals surface area contributed by atoms with Gasteiger partial charge in [-0.2, -0.15) is 5.26 Å². The van der Waals surface area contributed by atoms with Crippen LogP contribution in [0.5, 0.6) is 11.6 Å². The van der Waals surface area contributed by atoms with E-state index in [4.69, 9.17) is 10.00 Å². The molecule has 1 aromatic carbocycles. The maximum absolute atomic E-state index is 13.3. The summed E-state index contributed by atoms with van der Waals surface area (Å²) < 4.78 is 18.6. The first-order chi connectivity index (χ1) is 8.20. The number of ether oxygens (including phenoxy) is 1. The highest BCUT2D eigenvalue weighted by atomic mass is 19.1. The molecule has 0 unspecified atom stereocenters. The van der Waals surface area contributed by atoms with E-state index in [1.54, 1.807) is 19.1 Å². The molecule has 0 spiro atoms. The predicted octanol–water partition coefficient (Wildman–Crippen LogP) is 2.59. The van der Waals surface area contributed by atoms with Crippen LogP contribution in [0.2, 0.25) is 0 Å². The summed E-state index contributed by atoms with van der Waals surface area (Å²) in [5, 5.41) is 8.83. The fraction of sp³-hybridized carbons (Fsp3) is 0.0833. The number of nitrogens with zero attached hydrogens (tertiary/aromatic N) is 3. The fourth-order valence-electron chi connectivity index (χ4n) is 1.30. The summed E-state index contributed by atoms with van der Waals surface area (Å²) in [4.78, 5) is 7.79. The summed E-state index contributed by atoms with van der Waals surface area (Å²) in [5.41, 5.74) is 0.591. The number of hydrogen-bond acceptors (Lipinski definition) is 4. The van der Waals surface area contributed by atoms with Crippen molar-refractivity contribution in [2.24, 2.45) is 0 Å². The number of benzene rings is 1. The number of rotatable bonds is 2. The van der Waals surface area contributed by atoms with Crippen LogP contribution in [-0.2, 0) is 0 Å². The van der Waals surface area contributed by atoms with E-state index in [0.717, 1.165) is 5.69 Å². The van der Waals surface area contributed by atoms with Crippen LogP contribution < -0.4 is 4.74 Å². The summed E-state index contributed by atoms with van der Waals surface area (Å²) >= 11 is 0. The second kappa shape index (κ2) is 4.58. The first-order valence-electron chi connectivity index (χ1n) is 4.86. The summed E-state index contributed by atoms with van der Waals surface area (Å²) in [6.07, 6.45) is 1.34. The van der Waals surface area contributed by atoms with Crippen molar-refractivity contribution < 1.29 is 9.13 Å². The second-order valence-corrected chi connectivity index (χ2v) is 3.32. The number of halogens is 1. The van der Waals surface area contributed by atoms with Crippen molar-refractivity contribution in [3.8, 4) is 17.7 Å². The van der Waals surface area contributed by atoms with Crippen LogP contribution in [-0.4, -0.2) is 9.97 Å². The molecule has 0 bridgehead atoms. The molecular formula is C12H8FN3O. The molecule has 0 N–H and O–H groups in total. The number of nitriles is 1. The van der Waals surface area contributed by atoms with Crippen LogP contribution in [0.1, 0.15) is 11.3 Å². The highest BCUT2D eigenvalue weighted by Crippen LogP contribution is 2.25. The van der Waals surface area contributed by atoms with Crippen LogP contribution >= 0.6 is 0 Å². The minimum Gasteiger partial charge on any atom is -0.437 e.